The quantitative estimate of drug-likeness (QED) is 0.890. The van der Waals surface area contributed by atoms with Gasteiger partial charge in [0.1, 0.15) is 6.61 Å². The molecule has 1 N–H and O–H groups in total. The number of carbonyl (C=O) groups excluding carboxylic acids is 1. The molecule has 1 atom stereocenters. The maximum absolute atomic E-state index is 12.4. The van der Waals surface area contributed by atoms with Crippen molar-refractivity contribution in [1.82, 2.24) is 5.32 Å². The van der Waals surface area contributed by atoms with Crippen LogP contribution in [0.1, 0.15) is 37.0 Å². The summed E-state index contributed by atoms with van der Waals surface area (Å²) in [5.41, 5.74) is 1.24. The molecular weight excluding hydrogens is 311 g/mol. The van der Waals surface area contributed by atoms with Gasteiger partial charge in [0.15, 0.2) is 0 Å². The molecular formula is C15H18Cl2N2O2. The number of amides is 1. The summed E-state index contributed by atoms with van der Waals surface area (Å²) in [6.07, 6.45) is 1.53. The van der Waals surface area contributed by atoms with Crippen molar-refractivity contribution in [2.75, 3.05) is 6.61 Å². The third-order valence-electron chi connectivity index (χ3n) is 3.22. The molecule has 0 spiro atoms. The summed E-state index contributed by atoms with van der Waals surface area (Å²) in [6.45, 7) is 4.77. The maximum Gasteiger partial charge on any atom is 0.253 e. The molecule has 2 rings (SSSR count). The Kier molecular flexibility index (Phi) is 5.48. The first-order chi connectivity index (χ1) is 9.97. The van der Waals surface area contributed by atoms with Crippen LogP contribution in [0.25, 0.3) is 0 Å². The van der Waals surface area contributed by atoms with E-state index in [2.05, 4.69) is 24.3 Å². The van der Waals surface area contributed by atoms with Gasteiger partial charge in [0.2, 0.25) is 0 Å². The lowest BCUT2D eigenvalue weighted by molar-refractivity contribution is 0.0943. The second-order valence-corrected chi connectivity index (χ2v) is 6.29. The summed E-state index contributed by atoms with van der Waals surface area (Å²) in [6, 6.07) is 4.70. The van der Waals surface area contributed by atoms with Crippen molar-refractivity contribution in [3.05, 3.63) is 33.8 Å². The number of nitrogens with one attached hydrogen (secondary N) is 1. The zero-order valence-corrected chi connectivity index (χ0v) is 13.5. The van der Waals surface area contributed by atoms with Crippen LogP contribution in [-0.4, -0.2) is 24.3 Å². The SMILES string of the molecule is CC(C)C[C@H](NC(=O)c1cc(Cl)ccc1Cl)C1=NOCC1. The molecule has 0 saturated carbocycles. The minimum atomic E-state index is -0.247. The molecule has 6 heteroatoms. The monoisotopic (exact) mass is 328 g/mol. The zero-order chi connectivity index (χ0) is 15.4. The number of rotatable bonds is 5. The minimum Gasteiger partial charge on any atom is -0.395 e. The summed E-state index contributed by atoms with van der Waals surface area (Å²) in [5, 5.41) is 7.86. The van der Waals surface area contributed by atoms with Crippen LogP contribution in [0.2, 0.25) is 10.0 Å². The van der Waals surface area contributed by atoms with Crippen molar-refractivity contribution < 1.29 is 9.63 Å². The summed E-state index contributed by atoms with van der Waals surface area (Å²) in [4.78, 5) is 17.5. The van der Waals surface area contributed by atoms with E-state index >= 15 is 0 Å². The van der Waals surface area contributed by atoms with Gasteiger partial charge in [-0.25, -0.2) is 0 Å². The average molecular weight is 329 g/mol. The van der Waals surface area contributed by atoms with E-state index in [4.69, 9.17) is 28.0 Å². The number of halogens is 2. The normalized spacial score (nSPS) is 15.6. The summed E-state index contributed by atoms with van der Waals surface area (Å²) < 4.78 is 0. The average Bonchev–Trinajstić information content (AvgIpc) is 2.94. The predicted molar refractivity (Wildman–Crippen MR) is 85.2 cm³/mol. The topological polar surface area (TPSA) is 50.7 Å². The molecule has 1 heterocycles. The van der Waals surface area contributed by atoms with Crippen molar-refractivity contribution >= 4 is 34.8 Å². The van der Waals surface area contributed by atoms with Gasteiger partial charge in [-0.05, 0) is 30.5 Å². The van der Waals surface area contributed by atoms with E-state index in [0.29, 0.717) is 28.1 Å². The standard InChI is InChI=1S/C15H18Cl2N2O2/c1-9(2)7-14(13-5-6-21-19-13)18-15(20)11-8-10(16)3-4-12(11)17/h3-4,8-9,14H,5-7H2,1-2H3,(H,18,20)/t14-/m0/s1. The van der Waals surface area contributed by atoms with E-state index in [0.717, 1.165) is 18.6 Å². The van der Waals surface area contributed by atoms with Gasteiger partial charge in [-0.15, -0.1) is 0 Å². The van der Waals surface area contributed by atoms with E-state index in [1.54, 1.807) is 18.2 Å². The van der Waals surface area contributed by atoms with E-state index in [1.807, 2.05) is 0 Å². The number of hydrogen-bond acceptors (Lipinski definition) is 3. The van der Waals surface area contributed by atoms with Crippen molar-refractivity contribution in [1.29, 1.82) is 0 Å². The number of benzene rings is 1. The Hall–Kier alpha value is -1.26. The van der Waals surface area contributed by atoms with E-state index in [1.165, 1.54) is 0 Å². The molecule has 0 unspecified atom stereocenters. The molecule has 0 radical (unpaired) electrons. The molecule has 1 aromatic carbocycles. The highest BCUT2D eigenvalue weighted by Gasteiger charge is 2.24. The van der Waals surface area contributed by atoms with Crippen molar-refractivity contribution in [3.8, 4) is 0 Å². The third kappa shape index (κ3) is 4.35. The molecule has 1 amide bonds. The van der Waals surface area contributed by atoms with E-state index < -0.39 is 0 Å². The Bertz CT molecular complexity index is 559. The van der Waals surface area contributed by atoms with Crippen molar-refractivity contribution in [3.63, 3.8) is 0 Å². The van der Waals surface area contributed by atoms with Crippen LogP contribution >= 0.6 is 23.2 Å². The van der Waals surface area contributed by atoms with Gasteiger partial charge in [-0.2, -0.15) is 0 Å². The lowest BCUT2D eigenvalue weighted by Gasteiger charge is -2.20. The second-order valence-electron chi connectivity index (χ2n) is 5.45. The van der Waals surface area contributed by atoms with Gasteiger partial charge < -0.3 is 10.2 Å². The van der Waals surface area contributed by atoms with Crippen LogP contribution in [-0.2, 0) is 4.84 Å². The smallest absolute Gasteiger partial charge is 0.253 e. The van der Waals surface area contributed by atoms with Crippen LogP contribution in [0.4, 0.5) is 0 Å². The third-order valence-corrected chi connectivity index (χ3v) is 3.78. The van der Waals surface area contributed by atoms with Gasteiger partial charge in [0.05, 0.1) is 22.3 Å². The molecule has 0 aromatic heterocycles. The highest BCUT2D eigenvalue weighted by Crippen LogP contribution is 2.21. The summed E-state index contributed by atoms with van der Waals surface area (Å²) in [7, 11) is 0. The Labute approximate surface area is 134 Å². The molecule has 1 aliphatic rings. The van der Waals surface area contributed by atoms with Crippen LogP contribution in [0.15, 0.2) is 23.4 Å². The molecule has 0 aliphatic carbocycles. The fourth-order valence-electron chi connectivity index (χ4n) is 2.22. The maximum atomic E-state index is 12.4. The Morgan fingerprint density at radius 2 is 2.19 bits per heavy atom. The van der Waals surface area contributed by atoms with Gasteiger partial charge in [0, 0.05) is 11.4 Å². The fraction of sp³-hybridized carbons (Fsp3) is 0.467. The highest BCUT2D eigenvalue weighted by atomic mass is 35.5. The number of carbonyl (C=O) groups is 1. The number of hydrogen-bond donors (Lipinski definition) is 1. The van der Waals surface area contributed by atoms with Gasteiger partial charge in [0.25, 0.3) is 5.91 Å². The van der Waals surface area contributed by atoms with Crippen LogP contribution in [0.5, 0.6) is 0 Å². The highest BCUT2D eigenvalue weighted by molar-refractivity contribution is 6.35. The summed E-state index contributed by atoms with van der Waals surface area (Å²) in [5.74, 6) is 0.177. The lowest BCUT2D eigenvalue weighted by atomic mass is 9.98. The van der Waals surface area contributed by atoms with E-state index in [-0.39, 0.29) is 11.9 Å². The Morgan fingerprint density at radius 3 is 2.81 bits per heavy atom. The van der Waals surface area contributed by atoms with Gasteiger partial charge >= 0.3 is 0 Å². The molecule has 1 aliphatic heterocycles. The number of oxime groups is 1. The first-order valence-corrected chi connectivity index (χ1v) is 7.67. The van der Waals surface area contributed by atoms with Crippen LogP contribution in [0, 0.1) is 5.92 Å². The number of nitrogens with zero attached hydrogens (tertiary/aromatic N) is 1. The summed E-state index contributed by atoms with van der Waals surface area (Å²) >= 11 is 12.0. The Balaban J connectivity index is 2.15. The molecule has 21 heavy (non-hydrogen) atoms. The molecule has 4 nitrogen and oxygen atoms in total. The second kappa shape index (κ2) is 7.14. The first-order valence-electron chi connectivity index (χ1n) is 6.92. The largest absolute Gasteiger partial charge is 0.395 e. The van der Waals surface area contributed by atoms with Crippen molar-refractivity contribution in [2.45, 2.75) is 32.7 Å². The first kappa shape index (κ1) is 16.1. The van der Waals surface area contributed by atoms with Crippen LogP contribution < -0.4 is 5.32 Å². The van der Waals surface area contributed by atoms with Crippen LogP contribution in [0.3, 0.4) is 0 Å². The zero-order valence-electron chi connectivity index (χ0n) is 12.0. The molecule has 0 bridgehead atoms. The minimum absolute atomic E-state index is 0.143. The predicted octanol–water partition coefficient (Wildman–Crippen LogP) is 3.91. The lowest BCUT2D eigenvalue weighted by Crippen LogP contribution is -2.41. The Morgan fingerprint density at radius 1 is 1.43 bits per heavy atom. The molecule has 114 valence electrons. The van der Waals surface area contributed by atoms with E-state index in [9.17, 15) is 4.79 Å². The van der Waals surface area contributed by atoms with Gasteiger partial charge in [-0.1, -0.05) is 42.2 Å². The fourth-order valence-corrected chi connectivity index (χ4v) is 2.59. The van der Waals surface area contributed by atoms with Crippen molar-refractivity contribution in [2.24, 2.45) is 11.1 Å². The molecule has 1 aromatic rings. The van der Waals surface area contributed by atoms with Gasteiger partial charge in [-0.3, -0.25) is 4.79 Å². The molecule has 0 saturated heterocycles. The molecule has 0 fully saturated rings.